The van der Waals surface area contributed by atoms with Gasteiger partial charge in [-0.25, -0.2) is 8.42 Å². The number of piperazine rings is 1. The highest BCUT2D eigenvalue weighted by Crippen LogP contribution is 2.28. The molecule has 3 aromatic carbocycles. The smallest absolute Gasteiger partial charge is 0.245 e. The van der Waals surface area contributed by atoms with Gasteiger partial charge in [0.1, 0.15) is 11.8 Å². The van der Waals surface area contributed by atoms with Crippen LogP contribution in [0, 0.1) is 0 Å². The fourth-order valence-corrected chi connectivity index (χ4v) is 6.06. The summed E-state index contributed by atoms with van der Waals surface area (Å²) in [6.07, 6.45) is 0.764. The number of hydrogen-bond donors (Lipinski definition) is 2. The van der Waals surface area contributed by atoms with Crippen LogP contribution in [-0.2, 0) is 26.0 Å². The molecule has 2 heterocycles. The number of nitrogens with one attached hydrogen (secondary N) is 2. The Bertz CT molecular complexity index is 1440. The molecule has 198 valence electrons. The zero-order valence-corrected chi connectivity index (χ0v) is 21.9. The summed E-state index contributed by atoms with van der Waals surface area (Å²) >= 11 is 0. The molecule has 0 aliphatic carbocycles. The molecule has 1 fully saturated rings. The molecule has 0 spiro atoms. The van der Waals surface area contributed by atoms with Crippen LogP contribution in [0.15, 0.2) is 77.7 Å². The van der Waals surface area contributed by atoms with Crippen LogP contribution in [0.1, 0.15) is 23.6 Å². The summed E-state index contributed by atoms with van der Waals surface area (Å²) < 4.78 is 34.9. The van der Waals surface area contributed by atoms with E-state index in [1.54, 1.807) is 48.4 Å². The molecule has 10 heteroatoms. The van der Waals surface area contributed by atoms with Crippen LogP contribution in [-0.4, -0.2) is 58.4 Å². The Morgan fingerprint density at radius 1 is 0.947 bits per heavy atom. The fourth-order valence-electron chi connectivity index (χ4n) is 4.83. The van der Waals surface area contributed by atoms with Crippen LogP contribution in [0.3, 0.4) is 0 Å². The van der Waals surface area contributed by atoms with Crippen molar-refractivity contribution < 1.29 is 22.7 Å². The zero-order valence-electron chi connectivity index (χ0n) is 21.1. The zero-order chi connectivity index (χ0) is 26.7. The summed E-state index contributed by atoms with van der Waals surface area (Å²) in [5.74, 6) is 0.381. The van der Waals surface area contributed by atoms with Gasteiger partial charge >= 0.3 is 0 Å². The van der Waals surface area contributed by atoms with Gasteiger partial charge in [-0.2, -0.15) is 4.72 Å². The lowest BCUT2D eigenvalue weighted by Crippen LogP contribution is -2.52. The van der Waals surface area contributed by atoms with E-state index in [2.05, 4.69) is 14.9 Å². The van der Waals surface area contributed by atoms with E-state index in [0.717, 1.165) is 17.0 Å². The van der Waals surface area contributed by atoms with Crippen molar-refractivity contribution in [3.05, 3.63) is 83.9 Å². The molecule has 0 bridgehead atoms. The van der Waals surface area contributed by atoms with Crippen LogP contribution < -0.4 is 19.7 Å². The largest absolute Gasteiger partial charge is 0.497 e. The Morgan fingerprint density at radius 3 is 2.45 bits per heavy atom. The molecule has 1 saturated heterocycles. The van der Waals surface area contributed by atoms with Gasteiger partial charge in [0.25, 0.3) is 0 Å². The summed E-state index contributed by atoms with van der Waals surface area (Å²) in [4.78, 5) is 29.4. The number of rotatable bonds is 7. The number of carbonyl (C=O) groups excluding carboxylic acids is 2. The van der Waals surface area contributed by atoms with Gasteiger partial charge in [-0.15, -0.1) is 0 Å². The summed E-state index contributed by atoms with van der Waals surface area (Å²) in [5, 5.41) is 2.76. The minimum Gasteiger partial charge on any atom is -0.497 e. The van der Waals surface area contributed by atoms with Gasteiger partial charge in [0.05, 0.1) is 12.0 Å². The van der Waals surface area contributed by atoms with Gasteiger partial charge in [0.15, 0.2) is 0 Å². The first-order chi connectivity index (χ1) is 18.3. The first kappa shape index (κ1) is 25.7. The molecule has 2 aliphatic heterocycles. The molecule has 2 aliphatic rings. The monoisotopic (exact) mass is 534 g/mol. The van der Waals surface area contributed by atoms with Crippen molar-refractivity contribution >= 4 is 33.2 Å². The van der Waals surface area contributed by atoms with Crippen molar-refractivity contribution in [1.82, 2.24) is 9.62 Å². The lowest BCUT2D eigenvalue weighted by Gasteiger charge is -2.37. The minimum absolute atomic E-state index is 0.0592. The Morgan fingerprint density at radius 2 is 1.71 bits per heavy atom. The predicted molar refractivity (Wildman–Crippen MR) is 145 cm³/mol. The molecule has 3 aromatic rings. The number of fused-ring (bicyclic) bond motifs is 1. The van der Waals surface area contributed by atoms with Crippen molar-refractivity contribution in [2.45, 2.75) is 23.8 Å². The Hall–Kier alpha value is -3.89. The molecule has 9 nitrogen and oxygen atoms in total. The quantitative estimate of drug-likeness (QED) is 0.483. The van der Waals surface area contributed by atoms with Crippen LogP contribution in [0.2, 0.25) is 0 Å². The number of hydrogen-bond acceptors (Lipinski definition) is 6. The van der Waals surface area contributed by atoms with E-state index in [4.69, 9.17) is 4.74 Å². The lowest BCUT2D eigenvalue weighted by molar-refractivity contribution is -0.133. The van der Waals surface area contributed by atoms with Gasteiger partial charge in [0.2, 0.25) is 21.8 Å². The third kappa shape index (κ3) is 5.51. The van der Waals surface area contributed by atoms with E-state index < -0.39 is 16.1 Å². The molecule has 2 N–H and O–H groups in total. The van der Waals surface area contributed by atoms with Crippen molar-refractivity contribution in [3.63, 3.8) is 0 Å². The highest BCUT2D eigenvalue weighted by atomic mass is 32.2. The highest BCUT2D eigenvalue weighted by molar-refractivity contribution is 7.89. The molecule has 0 unspecified atom stereocenters. The average molecular weight is 535 g/mol. The number of methoxy groups -OCH3 is 1. The van der Waals surface area contributed by atoms with Crippen LogP contribution in [0.25, 0.3) is 0 Å². The van der Waals surface area contributed by atoms with Crippen molar-refractivity contribution in [2.24, 2.45) is 0 Å². The van der Waals surface area contributed by atoms with E-state index in [-0.39, 0.29) is 16.7 Å². The maximum absolute atomic E-state index is 13.7. The Labute approximate surface area is 222 Å². The molecule has 0 aromatic heterocycles. The summed E-state index contributed by atoms with van der Waals surface area (Å²) in [5.41, 5.74) is 2.95. The second kappa shape index (κ2) is 10.8. The maximum atomic E-state index is 13.7. The number of anilines is 2. The first-order valence-electron chi connectivity index (χ1n) is 12.5. The molecule has 0 saturated carbocycles. The number of sulfonamides is 1. The number of ether oxygens (including phenoxy) is 1. The predicted octanol–water partition coefficient (Wildman–Crippen LogP) is 2.95. The SMILES string of the molecule is COc1cccc(N2CCN(C(=O)[C@H](NS(=O)(=O)c3ccc4c(c3)CCC(=O)N4)c3ccccc3)CC2)c1. The van der Waals surface area contributed by atoms with E-state index in [9.17, 15) is 18.0 Å². The highest BCUT2D eigenvalue weighted by Gasteiger charge is 2.33. The van der Waals surface area contributed by atoms with Gasteiger partial charge in [0, 0.05) is 50.0 Å². The standard InChI is InChI=1S/C28H30N4O5S/c1-37-23-9-5-8-22(19-23)31-14-16-32(17-15-31)28(34)27(20-6-3-2-4-7-20)30-38(35,36)24-11-12-25-21(18-24)10-13-26(33)29-25/h2-9,11-12,18-19,27,30H,10,13-17H2,1H3,(H,29,33)/t27-/m1/s1. The number of benzene rings is 3. The van der Waals surface area contributed by atoms with Crippen LogP contribution in [0.5, 0.6) is 5.75 Å². The molecule has 0 radical (unpaired) electrons. The minimum atomic E-state index is -4.03. The van der Waals surface area contributed by atoms with Crippen molar-refractivity contribution in [3.8, 4) is 5.75 Å². The molecule has 1 atom stereocenters. The van der Waals surface area contributed by atoms with Crippen molar-refractivity contribution in [1.29, 1.82) is 0 Å². The average Bonchev–Trinajstić information content (AvgIpc) is 2.96. The van der Waals surface area contributed by atoms with Gasteiger partial charge in [-0.3, -0.25) is 9.59 Å². The van der Waals surface area contributed by atoms with E-state index in [1.165, 1.54) is 6.07 Å². The summed E-state index contributed by atoms with van der Waals surface area (Å²) in [6, 6.07) is 20.2. The third-order valence-corrected chi connectivity index (χ3v) is 8.37. The first-order valence-corrected chi connectivity index (χ1v) is 14.0. The maximum Gasteiger partial charge on any atom is 0.245 e. The van der Waals surface area contributed by atoms with Gasteiger partial charge < -0.3 is 19.9 Å². The lowest BCUT2D eigenvalue weighted by atomic mass is 10.0. The molecule has 2 amide bonds. The second-order valence-electron chi connectivity index (χ2n) is 9.35. The summed E-state index contributed by atoms with van der Waals surface area (Å²) in [7, 11) is -2.41. The van der Waals surface area contributed by atoms with Crippen LogP contribution >= 0.6 is 0 Å². The Kier molecular flexibility index (Phi) is 7.35. The fraction of sp³-hybridized carbons (Fsp3) is 0.286. The van der Waals surface area contributed by atoms with E-state index in [0.29, 0.717) is 50.3 Å². The van der Waals surface area contributed by atoms with Gasteiger partial charge in [-0.1, -0.05) is 36.4 Å². The third-order valence-electron chi connectivity index (χ3n) is 6.95. The molecular weight excluding hydrogens is 504 g/mol. The number of carbonyl (C=O) groups is 2. The molecular formula is C28H30N4O5S. The topological polar surface area (TPSA) is 108 Å². The number of amides is 2. The Balaban J connectivity index is 1.34. The van der Waals surface area contributed by atoms with E-state index >= 15 is 0 Å². The summed E-state index contributed by atoms with van der Waals surface area (Å²) in [6.45, 7) is 2.15. The van der Waals surface area contributed by atoms with Crippen molar-refractivity contribution in [2.75, 3.05) is 43.5 Å². The molecule has 38 heavy (non-hydrogen) atoms. The normalized spacial score (nSPS) is 16.4. The number of nitrogens with zero attached hydrogens (tertiary/aromatic N) is 2. The van der Waals surface area contributed by atoms with Gasteiger partial charge in [-0.05, 0) is 47.9 Å². The van der Waals surface area contributed by atoms with Crippen LogP contribution in [0.4, 0.5) is 11.4 Å². The van der Waals surface area contributed by atoms with E-state index in [1.807, 2.05) is 30.3 Å². The second-order valence-corrected chi connectivity index (χ2v) is 11.1. The number of aryl methyl sites for hydroxylation is 1. The molecule has 5 rings (SSSR count).